The third-order valence-electron chi connectivity index (χ3n) is 2.34. The van der Waals surface area contributed by atoms with Gasteiger partial charge in [0.05, 0.1) is 12.2 Å². The van der Waals surface area contributed by atoms with Crippen LogP contribution in [0, 0.1) is 5.92 Å². The summed E-state index contributed by atoms with van der Waals surface area (Å²) in [6.45, 7) is 6.90. The summed E-state index contributed by atoms with van der Waals surface area (Å²) in [5.41, 5.74) is -0.0690. The minimum Gasteiger partial charge on any atom is -0.376 e. The zero-order chi connectivity index (χ0) is 9.90. The van der Waals surface area contributed by atoms with Crippen molar-refractivity contribution in [3.8, 4) is 0 Å². The lowest BCUT2D eigenvalue weighted by atomic mass is 9.89. The molecule has 2 heteroatoms. The SMILES string of the molecule is CC(C)(C)OCC1CCCC(=O)C1. The highest BCUT2D eigenvalue weighted by Gasteiger charge is 2.21. The van der Waals surface area contributed by atoms with E-state index in [1.165, 1.54) is 0 Å². The van der Waals surface area contributed by atoms with Gasteiger partial charge in [0, 0.05) is 12.8 Å². The predicted octanol–water partition coefficient (Wildman–Crippen LogP) is 2.56. The summed E-state index contributed by atoms with van der Waals surface area (Å²) < 4.78 is 5.66. The fourth-order valence-corrected chi connectivity index (χ4v) is 1.62. The Morgan fingerprint density at radius 3 is 2.69 bits per heavy atom. The van der Waals surface area contributed by atoms with Gasteiger partial charge < -0.3 is 4.74 Å². The molecule has 1 unspecified atom stereocenters. The van der Waals surface area contributed by atoms with Crippen LogP contribution < -0.4 is 0 Å². The quantitative estimate of drug-likeness (QED) is 0.659. The standard InChI is InChI=1S/C11H20O2/c1-11(2,3)13-8-9-5-4-6-10(12)7-9/h9H,4-8H2,1-3H3. The van der Waals surface area contributed by atoms with Crippen LogP contribution in [0.25, 0.3) is 0 Å². The molecule has 0 bridgehead atoms. The molecule has 0 radical (unpaired) electrons. The number of ether oxygens (including phenoxy) is 1. The summed E-state index contributed by atoms with van der Waals surface area (Å²) in [4.78, 5) is 11.1. The number of Topliss-reactive ketones (excluding diaryl/α,β-unsaturated/α-hetero) is 1. The van der Waals surface area contributed by atoms with E-state index >= 15 is 0 Å². The van der Waals surface area contributed by atoms with Gasteiger partial charge in [-0.3, -0.25) is 4.79 Å². The number of carbonyl (C=O) groups is 1. The third-order valence-corrected chi connectivity index (χ3v) is 2.34. The second kappa shape index (κ2) is 4.23. The van der Waals surface area contributed by atoms with E-state index in [4.69, 9.17) is 4.74 Å². The van der Waals surface area contributed by atoms with Crippen LogP contribution >= 0.6 is 0 Å². The zero-order valence-corrected chi connectivity index (χ0v) is 8.93. The molecule has 1 fully saturated rings. The fourth-order valence-electron chi connectivity index (χ4n) is 1.62. The molecule has 0 N–H and O–H groups in total. The molecule has 0 aromatic carbocycles. The summed E-state index contributed by atoms with van der Waals surface area (Å²) in [6.07, 6.45) is 3.72. The Morgan fingerprint density at radius 2 is 2.15 bits per heavy atom. The topological polar surface area (TPSA) is 26.3 Å². The van der Waals surface area contributed by atoms with Crippen LogP contribution in [-0.4, -0.2) is 18.0 Å². The Balaban J connectivity index is 2.25. The van der Waals surface area contributed by atoms with Gasteiger partial charge in [0.1, 0.15) is 5.78 Å². The van der Waals surface area contributed by atoms with Crippen molar-refractivity contribution < 1.29 is 9.53 Å². The van der Waals surface area contributed by atoms with Gasteiger partial charge in [-0.05, 0) is 39.5 Å². The molecule has 76 valence electrons. The summed E-state index contributed by atoms with van der Waals surface area (Å²) in [6, 6.07) is 0. The van der Waals surface area contributed by atoms with Crippen molar-refractivity contribution in [2.45, 2.75) is 52.1 Å². The molecular formula is C11H20O2. The number of carbonyl (C=O) groups excluding carboxylic acids is 1. The van der Waals surface area contributed by atoms with Crippen molar-refractivity contribution in [2.24, 2.45) is 5.92 Å². The average molecular weight is 184 g/mol. The molecule has 1 atom stereocenters. The summed E-state index contributed by atoms with van der Waals surface area (Å²) in [5.74, 6) is 0.884. The maximum Gasteiger partial charge on any atom is 0.133 e. The molecule has 1 saturated carbocycles. The van der Waals surface area contributed by atoms with Crippen molar-refractivity contribution in [1.29, 1.82) is 0 Å². The average Bonchev–Trinajstić information content (AvgIpc) is 2.00. The first-order chi connectivity index (χ1) is 5.97. The monoisotopic (exact) mass is 184 g/mol. The molecule has 0 spiro atoms. The van der Waals surface area contributed by atoms with Gasteiger partial charge in [0.2, 0.25) is 0 Å². The van der Waals surface area contributed by atoms with Crippen molar-refractivity contribution in [3.05, 3.63) is 0 Å². The number of hydrogen-bond donors (Lipinski definition) is 0. The van der Waals surface area contributed by atoms with E-state index in [1.807, 2.05) is 0 Å². The Hall–Kier alpha value is -0.370. The van der Waals surface area contributed by atoms with E-state index in [-0.39, 0.29) is 5.60 Å². The maximum atomic E-state index is 11.1. The van der Waals surface area contributed by atoms with Crippen LogP contribution in [0.1, 0.15) is 46.5 Å². The third kappa shape index (κ3) is 4.41. The summed E-state index contributed by atoms with van der Waals surface area (Å²) >= 11 is 0. The van der Waals surface area contributed by atoms with Crippen molar-refractivity contribution >= 4 is 5.78 Å². The molecule has 0 saturated heterocycles. The van der Waals surface area contributed by atoms with E-state index in [0.29, 0.717) is 11.7 Å². The van der Waals surface area contributed by atoms with Crippen LogP contribution in [0.15, 0.2) is 0 Å². The lowest BCUT2D eigenvalue weighted by Gasteiger charge is -2.26. The van der Waals surface area contributed by atoms with Crippen LogP contribution in [-0.2, 0) is 9.53 Å². The van der Waals surface area contributed by atoms with Crippen LogP contribution in [0.4, 0.5) is 0 Å². The highest BCUT2D eigenvalue weighted by Crippen LogP contribution is 2.23. The molecule has 1 aliphatic carbocycles. The normalized spacial score (nSPS) is 24.8. The largest absolute Gasteiger partial charge is 0.376 e. The second-order valence-electron chi connectivity index (χ2n) is 4.92. The Morgan fingerprint density at radius 1 is 1.46 bits per heavy atom. The van der Waals surface area contributed by atoms with Gasteiger partial charge in [0.15, 0.2) is 0 Å². The molecule has 2 nitrogen and oxygen atoms in total. The molecule has 0 aliphatic heterocycles. The van der Waals surface area contributed by atoms with Gasteiger partial charge in [-0.1, -0.05) is 0 Å². The lowest BCUT2D eigenvalue weighted by Crippen LogP contribution is -2.26. The molecule has 0 aromatic rings. The Labute approximate surface area is 80.7 Å². The van der Waals surface area contributed by atoms with Gasteiger partial charge in [-0.2, -0.15) is 0 Å². The number of ketones is 1. The Bertz CT molecular complexity index is 179. The molecule has 1 aliphatic rings. The van der Waals surface area contributed by atoms with E-state index in [9.17, 15) is 4.79 Å². The minimum absolute atomic E-state index is 0.0690. The fraction of sp³-hybridized carbons (Fsp3) is 0.909. The van der Waals surface area contributed by atoms with Gasteiger partial charge in [-0.25, -0.2) is 0 Å². The van der Waals surface area contributed by atoms with Gasteiger partial charge in [0.25, 0.3) is 0 Å². The first-order valence-corrected chi connectivity index (χ1v) is 5.13. The Kier molecular flexibility index (Phi) is 3.48. The maximum absolute atomic E-state index is 11.1. The van der Waals surface area contributed by atoms with Crippen LogP contribution in [0.5, 0.6) is 0 Å². The van der Waals surface area contributed by atoms with Gasteiger partial charge >= 0.3 is 0 Å². The first-order valence-electron chi connectivity index (χ1n) is 5.13. The number of hydrogen-bond acceptors (Lipinski definition) is 2. The van der Waals surface area contributed by atoms with E-state index in [0.717, 1.165) is 32.3 Å². The second-order valence-corrected chi connectivity index (χ2v) is 4.92. The summed E-state index contributed by atoms with van der Waals surface area (Å²) in [5, 5.41) is 0. The summed E-state index contributed by atoms with van der Waals surface area (Å²) in [7, 11) is 0. The van der Waals surface area contributed by atoms with E-state index in [2.05, 4.69) is 20.8 Å². The highest BCUT2D eigenvalue weighted by molar-refractivity contribution is 5.79. The predicted molar refractivity (Wildman–Crippen MR) is 52.7 cm³/mol. The van der Waals surface area contributed by atoms with E-state index < -0.39 is 0 Å². The van der Waals surface area contributed by atoms with Crippen molar-refractivity contribution in [2.75, 3.05) is 6.61 Å². The lowest BCUT2D eigenvalue weighted by molar-refractivity contribution is -0.123. The van der Waals surface area contributed by atoms with E-state index in [1.54, 1.807) is 0 Å². The van der Waals surface area contributed by atoms with Crippen LogP contribution in [0.2, 0.25) is 0 Å². The number of rotatable bonds is 2. The minimum atomic E-state index is -0.0690. The molecule has 0 heterocycles. The molecule has 1 rings (SSSR count). The molecule has 0 amide bonds. The smallest absolute Gasteiger partial charge is 0.133 e. The first kappa shape index (κ1) is 10.7. The van der Waals surface area contributed by atoms with Crippen molar-refractivity contribution in [1.82, 2.24) is 0 Å². The zero-order valence-electron chi connectivity index (χ0n) is 8.93. The van der Waals surface area contributed by atoms with Gasteiger partial charge in [-0.15, -0.1) is 0 Å². The van der Waals surface area contributed by atoms with Crippen molar-refractivity contribution in [3.63, 3.8) is 0 Å². The highest BCUT2D eigenvalue weighted by atomic mass is 16.5. The molecule has 13 heavy (non-hydrogen) atoms. The molecule has 0 aromatic heterocycles. The molecular weight excluding hydrogens is 164 g/mol. The van der Waals surface area contributed by atoms with Crippen LogP contribution in [0.3, 0.4) is 0 Å².